The van der Waals surface area contributed by atoms with E-state index >= 15 is 0 Å². The van der Waals surface area contributed by atoms with E-state index in [0.717, 1.165) is 30.4 Å². The minimum absolute atomic E-state index is 0.217. The molecule has 0 bridgehead atoms. The molecular weight excluding hydrogens is 433 g/mol. The third kappa shape index (κ3) is 4.51. The van der Waals surface area contributed by atoms with E-state index < -0.39 is 5.82 Å². The average molecular weight is 460 g/mol. The van der Waals surface area contributed by atoms with Crippen LogP contribution in [0.2, 0.25) is 0 Å². The van der Waals surface area contributed by atoms with Gasteiger partial charge in [-0.05, 0) is 54.7 Å². The molecule has 6 nitrogen and oxygen atoms in total. The van der Waals surface area contributed by atoms with Crippen LogP contribution < -0.4 is 9.47 Å². The summed E-state index contributed by atoms with van der Waals surface area (Å²) in [5.41, 5.74) is 2.40. The van der Waals surface area contributed by atoms with Gasteiger partial charge in [-0.1, -0.05) is 43.3 Å². The molecule has 2 heterocycles. The van der Waals surface area contributed by atoms with Gasteiger partial charge in [0.2, 0.25) is 11.7 Å². The lowest BCUT2D eigenvalue weighted by atomic mass is 9.78. The lowest BCUT2D eigenvalue weighted by molar-refractivity contribution is 0.120. The van der Waals surface area contributed by atoms with Crippen LogP contribution in [0.1, 0.15) is 50.1 Å². The monoisotopic (exact) mass is 459 g/mol. The van der Waals surface area contributed by atoms with Crippen LogP contribution in [-0.4, -0.2) is 21.2 Å². The van der Waals surface area contributed by atoms with Gasteiger partial charge in [0.05, 0.1) is 12.3 Å². The van der Waals surface area contributed by atoms with E-state index in [0.29, 0.717) is 23.4 Å². The fourth-order valence-electron chi connectivity index (χ4n) is 3.93. The molecule has 34 heavy (non-hydrogen) atoms. The number of aromatic nitrogens is 3. The second-order valence-electron chi connectivity index (χ2n) is 9.08. The predicted octanol–water partition coefficient (Wildman–Crippen LogP) is 6.63. The van der Waals surface area contributed by atoms with Crippen molar-refractivity contribution >= 4 is 0 Å². The Hall–Kier alpha value is -3.74. The van der Waals surface area contributed by atoms with E-state index in [2.05, 4.69) is 41.1 Å². The van der Waals surface area contributed by atoms with Gasteiger partial charge in [-0.15, -0.1) is 0 Å². The SMILES string of the molecule is Cc1nc(-c2ncc(F)cc2Oc2ccc(C(C)(C)c3ccc(OC4CCC4)cc3)cc2)no1. The summed E-state index contributed by atoms with van der Waals surface area (Å²) in [6.07, 6.45) is 5.00. The standard InChI is InChI=1S/C27H26FN3O3/c1-17-30-26(31-34-17)25-24(15-20(28)16-29-25)33-23-13-9-19(10-14-23)27(2,3)18-7-11-22(12-8-18)32-21-5-4-6-21/h7-16,21H,4-6H2,1-3H3. The minimum atomic E-state index is -0.513. The zero-order valence-electron chi connectivity index (χ0n) is 19.4. The van der Waals surface area contributed by atoms with Crippen molar-refractivity contribution < 1.29 is 18.4 Å². The van der Waals surface area contributed by atoms with E-state index in [-0.39, 0.29) is 17.0 Å². The third-order valence-corrected chi connectivity index (χ3v) is 6.29. The molecular formula is C27H26FN3O3. The zero-order chi connectivity index (χ0) is 23.7. The molecule has 7 heteroatoms. The molecule has 2 aromatic carbocycles. The van der Waals surface area contributed by atoms with Gasteiger partial charge < -0.3 is 14.0 Å². The summed E-state index contributed by atoms with van der Waals surface area (Å²) in [4.78, 5) is 8.26. The van der Waals surface area contributed by atoms with Crippen molar-refractivity contribution in [3.05, 3.63) is 83.6 Å². The highest BCUT2D eigenvalue weighted by Gasteiger charge is 2.24. The second kappa shape index (κ2) is 8.89. The van der Waals surface area contributed by atoms with Gasteiger partial charge in [0, 0.05) is 18.4 Å². The Morgan fingerprint density at radius 2 is 1.62 bits per heavy atom. The molecule has 1 fully saturated rings. The van der Waals surface area contributed by atoms with Crippen LogP contribution in [0.25, 0.3) is 11.5 Å². The third-order valence-electron chi connectivity index (χ3n) is 6.29. The van der Waals surface area contributed by atoms with Gasteiger partial charge in [-0.25, -0.2) is 9.37 Å². The molecule has 174 valence electrons. The van der Waals surface area contributed by atoms with Crippen LogP contribution in [0.15, 0.2) is 65.3 Å². The highest BCUT2D eigenvalue weighted by molar-refractivity contribution is 5.59. The van der Waals surface area contributed by atoms with Crippen molar-refractivity contribution in [2.45, 2.75) is 51.6 Å². The second-order valence-corrected chi connectivity index (χ2v) is 9.08. The Labute approximate surface area is 197 Å². The largest absolute Gasteiger partial charge is 0.490 e. The highest BCUT2D eigenvalue weighted by atomic mass is 19.1. The molecule has 2 aromatic heterocycles. The van der Waals surface area contributed by atoms with Gasteiger partial charge in [0.1, 0.15) is 17.3 Å². The summed E-state index contributed by atoms with van der Waals surface area (Å²) in [5, 5.41) is 3.87. The van der Waals surface area contributed by atoms with Crippen LogP contribution in [0, 0.1) is 12.7 Å². The Bertz CT molecular complexity index is 1280. The lowest BCUT2D eigenvalue weighted by Gasteiger charge is -2.28. The van der Waals surface area contributed by atoms with Crippen molar-refractivity contribution in [3.8, 4) is 28.8 Å². The Morgan fingerprint density at radius 3 is 2.18 bits per heavy atom. The molecule has 4 aromatic rings. The van der Waals surface area contributed by atoms with Gasteiger partial charge >= 0.3 is 0 Å². The van der Waals surface area contributed by atoms with Gasteiger partial charge in [-0.3, -0.25) is 0 Å². The van der Waals surface area contributed by atoms with E-state index in [4.69, 9.17) is 14.0 Å². The number of aryl methyl sites for hydroxylation is 1. The molecule has 0 aliphatic heterocycles. The molecule has 1 aliphatic rings. The number of hydrogen-bond acceptors (Lipinski definition) is 6. The molecule has 0 amide bonds. The van der Waals surface area contributed by atoms with Crippen LogP contribution >= 0.6 is 0 Å². The number of halogens is 1. The maximum absolute atomic E-state index is 13.9. The first-order valence-corrected chi connectivity index (χ1v) is 11.4. The number of pyridine rings is 1. The first kappa shape index (κ1) is 22.1. The lowest BCUT2D eigenvalue weighted by Crippen LogP contribution is -2.24. The van der Waals surface area contributed by atoms with Crippen molar-refractivity contribution in [1.82, 2.24) is 15.1 Å². The van der Waals surface area contributed by atoms with Crippen molar-refractivity contribution in [2.75, 3.05) is 0 Å². The molecule has 0 unspecified atom stereocenters. The van der Waals surface area contributed by atoms with E-state index in [9.17, 15) is 4.39 Å². The topological polar surface area (TPSA) is 70.3 Å². The summed E-state index contributed by atoms with van der Waals surface area (Å²) in [5.74, 6) is 1.81. The average Bonchev–Trinajstić information content (AvgIpc) is 3.23. The van der Waals surface area contributed by atoms with Crippen LogP contribution in [0.5, 0.6) is 17.2 Å². The summed E-state index contributed by atoms with van der Waals surface area (Å²) in [7, 11) is 0. The Balaban J connectivity index is 1.34. The van der Waals surface area contributed by atoms with Gasteiger partial charge in [-0.2, -0.15) is 4.98 Å². The quantitative estimate of drug-likeness (QED) is 0.309. The van der Waals surface area contributed by atoms with Crippen LogP contribution in [0.4, 0.5) is 4.39 Å². The molecule has 5 rings (SSSR count). The number of ether oxygens (including phenoxy) is 2. The number of nitrogens with zero attached hydrogens (tertiary/aromatic N) is 3. The Morgan fingerprint density at radius 1 is 0.971 bits per heavy atom. The fourth-order valence-corrected chi connectivity index (χ4v) is 3.93. The summed E-state index contributed by atoms with van der Waals surface area (Å²) >= 11 is 0. The van der Waals surface area contributed by atoms with E-state index in [1.54, 1.807) is 6.92 Å². The fraction of sp³-hybridized carbons (Fsp3) is 0.296. The summed E-state index contributed by atoms with van der Waals surface area (Å²) < 4.78 is 30.9. The zero-order valence-corrected chi connectivity index (χ0v) is 19.4. The predicted molar refractivity (Wildman–Crippen MR) is 126 cm³/mol. The van der Waals surface area contributed by atoms with Gasteiger partial charge in [0.15, 0.2) is 11.4 Å². The molecule has 0 spiro atoms. The smallest absolute Gasteiger partial charge is 0.224 e. The molecule has 1 aliphatic carbocycles. The highest BCUT2D eigenvalue weighted by Crippen LogP contribution is 2.36. The molecule has 0 atom stereocenters. The van der Waals surface area contributed by atoms with Crippen LogP contribution in [-0.2, 0) is 5.41 Å². The van der Waals surface area contributed by atoms with Crippen LogP contribution in [0.3, 0.4) is 0 Å². The maximum Gasteiger partial charge on any atom is 0.224 e. The first-order valence-electron chi connectivity index (χ1n) is 11.4. The van der Waals surface area contributed by atoms with Crippen molar-refractivity contribution in [3.63, 3.8) is 0 Å². The molecule has 0 saturated heterocycles. The minimum Gasteiger partial charge on any atom is -0.490 e. The van der Waals surface area contributed by atoms with E-state index in [1.807, 2.05) is 36.4 Å². The van der Waals surface area contributed by atoms with Gasteiger partial charge in [0.25, 0.3) is 0 Å². The number of rotatable bonds is 7. The van der Waals surface area contributed by atoms with Crippen molar-refractivity contribution in [1.29, 1.82) is 0 Å². The first-order chi connectivity index (χ1) is 16.4. The molecule has 0 radical (unpaired) electrons. The normalized spacial score (nSPS) is 14.0. The molecule has 1 saturated carbocycles. The summed E-state index contributed by atoms with van der Waals surface area (Å²) in [6.45, 7) is 6.03. The summed E-state index contributed by atoms with van der Waals surface area (Å²) in [6, 6.07) is 17.3. The maximum atomic E-state index is 13.9. The van der Waals surface area contributed by atoms with Crippen molar-refractivity contribution in [2.24, 2.45) is 0 Å². The van der Waals surface area contributed by atoms with E-state index in [1.165, 1.54) is 18.1 Å². The number of hydrogen-bond donors (Lipinski definition) is 0. The Kier molecular flexibility index (Phi) is 5.77. The molecule has 0 N–H and O–H groups in total. The number of benzene rings is 2.